The smallest absolute Gasteiger partial charge is 0.256 e. The summed E-state index contributed by atoms with van der Waals surface area (Å²) in [7, 11) is 0. The van der Waals surface area contributed by atoms with E-state index in [2.05, 4.69) is 394 Å². The molecule has 4 aliphatic heterocycles. The zero-order chi connectivity index (χ0) is 75.8. The first-order chi connectivity index (χ1) is 58.0. The first-order valence-corrected chi connectivity index (χ1v) is 40.7. The second-order valence-electron chi connectivity index (χ2n) is 32.8. The molecule has 18 aromatic carbocycles. The van der Waals surface area contributed by atoms with Crippen LogP contribution < -0.4 is 42.3 Å². The number of rotatable bonds is 6. The molecule has 0 amide bonds. The van der Waals surface area contributed by atoms with E-state index < -0.39 is 5.41 Å². The van der Waals surface area contributed by atoms with Crippen LogP contribution in [0.3, 0.4) is 0 Å². The Bertz CT molecular complexity index is 7680. The average molecular weight is 1480 g/mol. The van der Waals surface area contributed by atoms with Crippen molar-refractivity contribution in [2.45, 2.75) is 5.41 Å². The lowest BCUT2D eigenvalue weighted by molar-refractivity contribution is 0.484. The molecule has 8 heterocycles. The maximum atomic E-state index is 8.05. The Morgan fingerprint density at radius 3 is 0.932 bits per heavy atom. The molecular weight excluding hydrogens is 1420 g/mol. The summed E-state index contributed by atoms with van der Waals surface area (Å²) in [4.78, 5) is 0. The highest BCUT2D eigenvalue weighted by Gasteiger charge is 2.55. The van der Waals surface area contributed by atoms with E-state index in [9.17, 15) is 0 Å². The van der Waals surface area contributed by atoms with Gasteiger partial charge in [-0.15, -0.1) is 0 Å². The summed E-state index contributed by atoms with van der Waals surface area (Å²) in [5.74, 6) is 3.40. The van der Waals surface area contributed by atoms with E-state index in [4.69, 9.17) is 9.47 Å². The third-order valence-electron chi connectivity index (χ3n) is 27.2. The van der Waals surface area contributed by atoms with Crippen LogP contribution in [0.1, 0.15) is 22.3 Å². The van der Waals surface area contributed by atoms with Crippen molar-refractivity contribution in [2.75, 3.05) is 0 Å². The molecule has 117 heavy (non-hydrogen) atoms. The van der Waals surface area contributed by atoms with Crippen LogP contribution in [0.5, 0.6) is 23.0 Å². The van der Waals surface area contributed by atoms with Gasteiger partial charge in [0.1, 0.15) is 23.0 Å². The number of fused-ring (bicyclic) bond motifs is 30. The van der Waals surface area contributed by atoms with E-state index in [1.165, 1.54) is 154 Å². The van der Waals surface area contributed by atoms with E-state index in [1.54, 1.807) is 0 Å². The van der Waals surface area contributed by atoms with Crippen molar-refractivity contribution in [3.8, 4) is 113 Å². The third-order valence-corrected chi connectivity index (χ3v) is 27.2. The van der Waals surface area contributed by atoms with E-state index >= 15 is 0 Å². The highest BCUT2D eigenvalue weighted by molar-refractivity contribution is 7.00. The highest BCUT2D eigenvalue weighted by Crippen LogP contribution is 2.64. The topological polar surface area (TPSA) is 38.2 Å². The molecule has 6 nitrogen and oxygen atoms in total. The molecule has 0 saturated heterocycles. The van der Waals surface area contributed by atoms with Gasteiger partial charge in [0.05, 0.1) is 49.9 Å². The van der Waals surface area contributed by atoms with E-state index in [1.807, 2.05) is 0 Å². The monoisotopic (exact) mass is 1480 g/mol. The van der Waals surface area contributed by atoms with Crippen molar-refractivity contribution in [3.63, 3.8) is 0 Å². The van der Waals surface area contributed by atoms with Crippen molar-refractivity contribution in [1.82, 2.24) is 18.3 Å². The van der Waals surface area contributed by atoms with Gasteiger partial charge in [-0.25, -0.2) is 0 Å². The van der Waals surface area contributed by atoms with Gasteiger partial charge >= 0.3 is 0 Å². The summed E-state index contributed by atoms with van der Waals surface area (Å²) in [5, 5.41) is 9.70. The van der Waals surface area contributed by atoms with Crippen molar-refractivity contribution < 1.29 is 9.47 Å². The molecule has 0 radical (unpaired) electrons. The first-order valence-electron chi connectivity index (χ1n) is 40.7. The summed E-state index contributed by atoms with van der Waals surface area (Å²) in [5.41, 5.74) is 39.1. The first kappa shape index (κ1) is 62.4. The number of para-hydroxylation sites is 4. The number of hydrogen-bond donors (Lipinski definition) is 0. The summed E-state index contributed by atoms with van der Waals surface area (Å²) < 4.78 is 26.2. The molecule has 6 aliphatic rings. The second kappa shape index (κ2) is 22.6. The summed E-state index contributed by atoms with van der Waals surface area (Å²) >= 11 is 0. The van der Waals surface area contributed by atoms with Crippen LogP contribution in [-0.4, -0.2) is 31.7 Å². The van der Waals surface area contributed by atoms with Gasteiger partial charge in [0.15, 0.2) is 0 Å². The van der Waals surface area contributed by atoms with E-state index in [-0.39, 0.29) is 13.4 Å². The quantitative estimate of drug-likeness (QED) is 0.156. The number of aromatic nitrogens is 4. The van der Waals surface area contributed by atoms with Gasteiger partial charge in [-0.1, -0.05) is 279 Å². The van der Waals surface area contributed by atoms with Gasteiger partial charge in [0.2, 0.25) is 0 Å². The molecule has 536 valence electrons. The maximum Gasteiger partial charge on any atom is 0.256 e. The lowest BCUT2D eigenvalue weighted by atomic mass is 9.34. The zero-order valence-corrected chi connectivity index (χ0v) is 63.1. The predicted octanol–water partition coefficient (Wildman–Crippen LogP) is 23.0. The highest BCUT2D eigenvalue weighted by atomic mass is 16.5. The van der Waals surface area contributed by atoms with Crippen LogP contribution in [0.4, 0.5) is 0 Å². The van der Waals surface area contributed by atoms with Crippen molar-refractivity contribution in [2.24, 2.45) is 0 Å². The minimum Gasteiger partial charge on any atom is -0.458 e. The van der Waals surface area contributed by atoms with Crippen molar-refractivity contribution >= 4 is 133 Å². The zero-order valence-electron chi connectivity index (χ0n) is 63.1. The van der Waals surface area contributed by atoms with Gasteiger partial charge in [0, 0.05) is 77.6 Å². The molecule has 4 aromatic heterocycles. The largest absolute Gasteiger partial charge is 0.458 e. The molecule has 0 bridgehead atoms. The fourth-order valence-electron chi connectivity index (χ4n) is 22.5. The fourth-order valence-corrected chi connectivity index (χ4v) is 22.5. The Morgan fingerprint density at radius 2 is 0.538 bits per heavy atom. The summed E-state index contributed by atoms with van der Waals surface area (Å²) in [6, 6.07) is 142. The molecule has 0 unspecified atom stereocenters. The van der Waals surface area contributed by atoms with E-state index in [0.717, 1.165) is 101 Å². The third kappa shape index (κ3) is 8.11. The molecular formula is C109H62B2N4O2. The van der Waals surface area contributed by atoms with Gasteiger partial charge in [0.25, 0.3) is 13.4 Å². The van der Waals surface area contributed by atoms with Crippen LogP contribution in [-0.2, 0) is 5.41 Å². The summed E-state index contributed by atoms with van der Waals surface area (Å²) in [6.07, 6.45) is 0. The molecule has 0 saturated carbocycles. The van der Waals surface area contributed by atoms with Crippen molar-refractivity contribution in [3.05, 3.63) is 398 Å². The van der Waals surface area contributed by atoms with Crippen LogP contribution in [0.25, 0.3) is 177 Å². The van der Waals surface area contributed by atoms with Crippen LogP contribution in [0.2, 0.25) is 0 Å². The molecule has 28 rings (SSSR count). The Balaban J connectivity index is 0.708. The lowest BCUT2D eigenvalue weighted by Crippen LogP contribution is -2.58. The van der Waals surface area contributed by atoms with E-state index in [0.29, 0.717) is 0 Å². The Kier molecular flexibility index (Phi) is 12.1. The molecule has 0 N–H and O–H groups in total. The minimum absolute atomic E-state index is 0.232. The SMILES string of the molecule is c1ccc(-c2ccc3c(c2)c2cc(-c4ccccc4)cc4c2n3-c2cc(-n3c5ccccc5c5ccccc53)cc3c2B4c2cc4c(cc2O3)C2(c3ccccc3-4)c3ccccc3-c3cc4c(cc32)Oc2cc(-n3c5ccccc5c5ccccc53)cc3c2B4c2cc(-c4ccccc4)cc4c5cc(-c6ccccc6)ccc5n-3c24)cc1. The molecule has 0 atom stereocenters. The molecule has 1 spiro atoms. The van der Waals surface area contributed by atoms with Crippen LogP contribution >= 0.6 is 0 Å². The summed E-state index contributed by atoms with van der Waals surface area (Å²) in [6.45, 7) is -0.464. The molecule has 8 heteroatoms. The van der Waals surface area contributed by atoms with Crippen LogP contribution in [0.15, 0.2) is 376 Å². The molecule has 0 fully saturated rings. The number of benzene rings is 18. The number of hydrogen-bond acceptors (Lipinski definition) is 2. The number of ether oxygens (including phenoxy) is 2. The predicted molar refractivity (Wildman–Crippen MR) is 484 cm³/mol. The minimum atomic E-state index is -0.812. The van der Waals surface area contributed by atoms with Gasteiger partial charge < -0.3 is 27.7 Å². The lowest BCUT2D eigenvalue weighted by Gasteiger charge is -2.36. The Labute approximate surface area is 673 Å². The second-order valence-corrected chi connectivity index (χ2v) is 32.8. The average Bonchev–Trinajstić information content (AvgIpc) is 1.51. The standard InChI is InChI=1S/C109H62B2N4O2/c1-5-25-63(26-6-1)67-45-47-97-81(49-67)83-51-69(65-29-9-3-10-30-65)53-91-107(83)114(97)99-55-71(112-93-41-21-15-35-75(93)76-36-16-22-42-94(76)112)57-103-105(99)110(91)89-59-79-73-33-13-19-39-85(73)109(87(79)61-101(89)116-103)86-40-20-14-34-74(86)80-60-90-102(62-88(80)109)117-104-58-72(113-95-43-23-17-37-77(95)78-38-18-24-44-96(78)113)56-100-106(104)111(90)92-54-70(66-31-11-4-12-32-66)52-84-82-50-68(64-27-7-2-8-28-64)46-48-98(82)115(100)108(84)92/h1-62H. The molecule has 22 aromatic rings. The Morgan fingerprint density at radius 1 is 0.205 bits per heavy atom. The number of nitrogens with zero attached hydrogens (tertiary/aromatic N) is 4. The molecule has 2 aliphatic carbocycles. The van der Waals surface area contributed by atoms with Crippen molar-refractivity contribution in [1.29, 1.82) is 0 Å². The Hall–Kier alpha value is -15.1. The van der Waals surface area contributed by atoms with Gasteiger partial charge in [-0.05, 0) is 207 Å². The van der Waals surface area contributed by atoms with Gasteiger partial charge in [-0.2, -0.15) is 0 Å². The maximum absolute atomic E-state index is 8.05. The normalized spacial score (nSPS) is 13.6. The van der Waals surface area contributed by atoms with Gasteiger partial charge in [-0.3, -0.25) is 0 Å². The van der Waals surface area contributed by atoms with Crippen LogP contribution in [0, 0.1) is 0 Å². The fraction of sp³-hybridized carbons (Fsp3) is 0.00917.